The molecule has 6 nitrogen and oxygen atoms in total. The van der Waals surface area contributed by atoms with Crippen LogP contribution in [0.15, 0.2) is 72.9 Å². The van der Waals surface area contributed by atoms with Crippen molar-refractivity contribution in [2.24, 2.45) is 0 Å². The van der Waals surface area contributed by atoms with E-state index in [1.165, 1.54) is 0 Å². The van der Waals surface area contributed by atoms with Crippen molar-refractivity contribution in [3.63, 3.8) is 0 Å². The van der Waals surface area contributed by atoms with E-state index in [1.807, 2.05) is 96.1 Å². The van der Waals surface area contributed by atoms with E-state index in [4.69, 9.17) is 9.84 Å². The zero-order valence-corrected chi connectivity index (χ0v) is 17.2. The summed E-state index contributed by atoms with van der Waals surface area (Å²) in [6.07, 6.45) is 2.20. The van der Waals surface area contributed by atoms with Crippen LogP contribution in [0.4, 0.5) is 0 Å². The highest BCUT2D eigenvalue weighted by Crippen LogP contribution is 2.24. The van der Waals surface area contributed by atoms with Crippen LogP contribution < -0.4 is 0 Å². The van der Waals surface area contributed by atoms with Crippen LogP contribution in [0, 0.1) is 13.8 Å². The summed E-state index contributed by atoms with van der Waals surface area (Å²) >= 11 is 0. The molecule has 0 spiro atoms. The molecule has 4 rings (SSSR count). The van der Waals surface area contributed by atoms with Crippen LogP contribution in [-0.4, -0.2) is 25.5 Å². The average Bonchev–Trinajstić information content (AvgIpc) is 3.34. The van der Waals surface area contributed by atoms with Gasteiger partial charge in [-0.1, -0.05) is 48.5 Å². The number of benzene rings is 2. The van der Waals surface area contributed by atoms with Crippen molar-refractivity contribution >= 4 is 5.97 Å². The summed E-state index contributed by atoms with van der Waals surface area (Å²) in [7, 11) is 0. The number of aryl methyl sites for hydroxylation is 3. The maximum Gasteiger partial charge on any atom is 0.308 e. The van der Waals surface area contributed by atoms with Gasteiger partial charge in [0.15, 0.2) is 0 Å². The first-order valence-corrected chi connectivity index (χ1v) is 9.96. The largest absolute Gasteiger partial charge is 0.461 e. The maximum atomic E-state index is 12.3. The zero-order valence-electron chi connectivity index (χ0n) is 17.2. The molecule has 0 aliphatic rings. The first-order valence-electron chi connectivity index (χ1n) is 9.96. The fraction of sp³-hybridized carbons (Fsp3) is 0.208. The number of carbonyl (C=O) groups excluding carboxylic acids is 1. The lowest BCUT2D eigenvalue weighted by Gasteiger charge is -2.06. The van der Waals surface area contributed by atoms with Crippen LogP contribution in [-0.2, 0) is 22.7 Å². The summed E-state index contributed by atoms with van der Waals surface area (Å²) in [5.74, 6) is -0.256. The van der Waals surface area contributed by atoms with Gasteiger partial charge in [0.2, 0.25) is 0 Å². The summed E-state index contributed by atoms with van der Waals surface area (Å²) < 4.78 is 9.23. The standard InChI is InChI=1S/C24H24N4O2/c1-18-15-19(2)27(25-18)14-13-23(29)30-17-21-16-28(22-11-7-4-8-12-22)26-24(21)20-9-5-3-6-10-20/h3-12,15-16H,13-14,17H2,1-2H3. The van der Waals surface area contributed by atoms with E-state index in [-0.39, 0.29) is 19.0 Å². The highest BCUT2D eigenvalue weighted by molar-refractivity contribution is 5.70. The number of hydrogen-bond donors (Lipinski definition) is 0. The number of para-hydroxylation sites is 1. The van der Waals surface area contributed by atoms with Crippen LogP contribution in [0.5, 0.6) is 0 Å². The van der Waals surface area contributed by atoms with Gasteiger partial charge in [0, 0.05) is 23.0 Å². The number of aromatic nitrogens is 4. The van der Waals surface area contributed by atoms with E-state index in [9.17, 15) is 4.79 Å². The van der Waals surface area contributed by atoms with E-state index >= 15 is 0 Å². The molecule has 0 radical (unpaired) electrons. The highest BCUT2D eigenvalue weighted by Gasteiger charge is 2.14. The number of ether oxygens (including phenoxy) is 1. The molecule has 0 atom stereocenters. The second kappa shape index (κ2) is 8.78. The van der Waals surface area contributed by atoms with E-state index in [0.717, 1.165) is 33.9 Å². The second-order valence-electron chi connectivity index (χ2n) is 7.21. The van der Waals surface area contributed by atoms with Gasteiger partial charge in [-0.2, -0.15) is 10.2 Å². The minimum atomic E-state index is -0.256. The summed E-state index contributed by atoms with van der Waals surface area (Å²) in [4.78, 5) is 12.3. The molecule has 0 aliphatic heterocycles. The molecule has 0 aliphatic carbocycles. The topological polar surface area (TPSA) is 61.9 Å². The maximum absolute atomic E-state index is 12.3. The molecule has 152 valence electrons. The van der Waals surface area contributed by atoms with Crippen LogP contribution in [0.2, 0.25) is 0 Å². The normalized spacial score (nSPS) is 10.9. The van der Waals surface area contributed by atoms with Crippen molar-refractivity contribution < 1.29 is 9.53 Å². The van der Waals surface area contributed by atoms with Crippen molar-refractivity contribution in [3.05, 3.63) is 89.9 Å². The Hall–Kier alpha value is -3.67. The lowest BCUT2D eigenvalue weighted by molar-refractivity contribution is -0.145. The van der Waals surface area contributed by atoms with Crippen molar-refractivity contribution in [1.29, 1.82) is 0 Å². The number of rotatable bonds is 7. The molecule has 2 aromatic carbocycles. The number of hydrogen-bond acceptors (Lipinski definition) is 4. The lowest BCUT2D eigenvalue weighted by Crippen LogP contribution is -2.11. The summed E-state index contributed by atoms with van der Waals surface area (Å²) in [6.45, 7) is 4.60. The lowest BCUT2D eigenvalue weighted by atomic mass is 10.1. The molecule has 0 amide bonds. The molecule has 4 aromatic rings. The number of nitrogens with zero attached hydrogens (tertiary/aromatic N) is 4. The molecular weight excluding hydrogens is 376 g/mol. The Morgan fingerprint density at radius 1 is 0.967 bits per heavy atom. The molecule has 0 saturated carbocycles. The van der Waals surface area contributed by atoms with E-state index < -0.39 is 0 Å². The monoisotopic (exact) mass is 400 g/mol. The Balaban J connectivity index is 1.49. The predicted octanol–water partition coefficient (Wildman–Crippen LogP) is 4.49. The minimum absolute atomic E-state index is 0.174. The summed E-state index contributed by atoms with van der Waals surface area (Å²) in [6, 6.07) is 21.8. The van der Waals surface area contributed by atoms with Crippen molar-refractivity contribution in [1.82, 2.24) is 19.6 Å². The van der Waals surface area contributed by atoms with Gasteiger partial charge in [0.05, 0.1) is 30.0 Å². The molecule has 0 saturated heterocycles. The second-order valence-corrected chi connectivity index (χ2v) is 7.21. The Morgan fingerprint density at radius 3 is 2.33 bits per heavy atom. The molecule has 2 aromatic heterocycles. The Labute approximate surface area is 175 Å². The Bertz CT molecular complexity index is 1130. The fourth-order valence-corrected chi connectivity index (χ4v) is 3.40. The van der Waals surface area contributed by atoms with Crippen LogP contribution in [0.25, 0.3) is 16.9 Å². The zero-order chi connectivity index (χ0) is 20.9. The molecule has 0 unspecified atom stereocenters. The molecule has 30 heavy (non-hydrogen) atoms. The van der Waals surface area contributed by atoms with Crippen LogP contribution >= 0.6 is 0 Å². The number of esters is 1. The molecular formula is C24H24N4O2. The highest BCUT2D eigenvalue weighted by atomic mass is 16.5. The third-order valence-corrected chi connectivity index (χ3v) is 4.88. The smallest absolute Gasteiger partial charge is 0.308 e. The first kappa shape index (κ1) is 19.6. The van der Waals surface area contributed by atoms with Crippen molar-refractivity contribution in [2.45, 2.75) is 33.4 Å². The van der Waals surface area contributed by atoms with Gasteiger partial charge >= 0.3 is 5.97 Å². The minimum Gasteiger partial charge on any atom is -0.461 e. The third-order valence-electron chi connectivity index (χ3n) is 4.88. The first-order chi connectivity index (χ1) is 14.6. The van der Waals surface area contributed by atoms with Gasteiger partial charge in [-0.3, -0.25) is 9.48 Å². The van der Waals surface area contributed by atoms with E-state index in [0.29, 0.717) is 6.54 Å². The van der Waals surface area contributed by atoms with Gasteiger partial charge in [0.25, 0.3) is 0 Å². The Kier molecular flexibility index (Phi) is 5.75. The van der Waals surface area contributed by atoms with E-state index in [1.54, 1.807) is 0 Å². The van der Waals surface area contributed by atoms with Crippen molar-refractivity contribution in [2.75, 3.05) is 0 Å². The van der Waals surface area contributed by atoms with Gasteiger partial charge in [-0.05, 0) is 32.0 Å². The molecule has 0 N–H and O–H groups in total. The average molecular weight is 400 g/mol. The fourth-order valence-electron chi connectivity index (χ4n) is 3.40. The molecule has 6 heteroatoms. The molecule has 2 heterocycles. The summed E-state index contributed by atoms with van der Waals surface area (Å²) in [5.41, 5.74) is 5.60. The van der Waals surface area contributed by atoms with Crippen LogP contribution in [0.1, 0.15) is 23.4 Å². The van der Waals surface area contributed by atoms with Gasteiger partial charge in [-0.25, -0.2) is 4.68 Å². The van der Waals surface area contributed by atoms with Gasteiger partial charge < -0.3 is 4.74 Å². The quantitative estimate of drug-likeness (QED) is 0.429. The SMILES string of the molecule is Cc1cc(C)n(CCC(=O)OCc2cn(-c3ccccc3)nc2-c2ccccc2)n1. The van der Waals surface area contributed by atoms with E-state index in [2.05, 4.69) is 5.10 Å². The molecule has 0 bridgehead atoms. The van der Waals surface area contributed by atoms with Gasteiger partial charge in [-0.15, -0.1) is 0 Å². The third kappa shape index (κ3) is 4.49. The summed E-state index contributed by atoms with van der Waals surface area (Å²) in [5, 5.41) is 9.13. The molecule has 0 fully saturated rings. The van der Waals surface area contributed by atoms with Gasteiger partial charge in [0.1, 0.15) is 6.61 Å². The predicted molar refractivity (Wildman–Crippen MR) is 115 cm³/mol. The number of carbonyl (C=O) groups is 1. The Morgan fingerprint density at radius 2 is 1.67 bits per heavy atom. The van der Waals surface area contributed by atoms with Crippen LogP contribution in [0.3, 0.4) is 0 Å². The van der Waals surface area contributed by atoms with Crippen molar-refractivity contribution in [3.8, 4) is 16.9 Å².